The molecular weight excluding hydrogens is 378 g/mol. The second-order valence-corrected chi connectivity index (χ2v) is 9.60. The topological polar surface area (TPSA) is 75.7 Å². The molecule has 4 saturated heterocycles. The third-order valence-corrected chi connectivity index (χ3v) is 6.06. The van der Waals surface area contributed by atoms with E-state index < -0.39 is 36.2 Å². The molecule has 0 radical (unpaired) electrons. The van der Waals surface area contributed by atoms with Crippen LogP contribution in [0.5, 0.6) is 0 Å². The fourth-order valence-corrected chi connectivity index (χ4v) is 4.67. The summed E-state index contributed by atoms with van der Waals surface area (Å²) in [7, 11) is 0. The van der Waals surface area contributed by atoms with Gasteiger partial charge < -0.3 is 33.3 Å². The number of hydrogen-bond acceptors (Lipinski definition) is 8. The Hall–Kier alpha value is -0.770. The van der Waals surface area contributed by atoms with Crippen LogP contribution in [0.2, 0.25) is 0 Å². The highest BCUT2D eigenvalue weighted by Crippen LogP contribution is 2.42. The number of ether oxygens (including phenoxy) is 6. The smallest absolute Gasteiger partial charge is 0.310 e. The number of carbonyl (C=O) groups excluding carboxylic acids is 1. The standard InChI is InChI=1S/C21H35NO7/c1-13(11-22-9-7-6-8-10-22)18(23)25-16-15(14-12-24-20(2,3)27-14)26-19-17(16)28-21(4,5)29-19/h13-17,19H,6-12H2,1-5H3. The molecule has 4 fully saturated rings. The average molecular weight is 414 g/mol. The van der Waals surface area contributed by atoms with Gasteiger partial charge in [-0.3, -0.25) is 4.79 Å². The summed E-state index contributed by atoms with van der Waals surface area (Å²) < 4.78 is 35.7. The quantitative estimate of drug-likeness (QED) is 0.634. The minimum Gasteiger partial charge on any atom is -0.456 e. The van der Waals surface area contributed by atoms with Crippen LogP contribution in [0.15, 0.2) is 0 Å². The number of likely N-dealkylation sites (tertiary alicyclic amines) is 1. The van der Waals surface area contributed by atoms with Gasteiger partial charge in [0.15, 0.2) is 30.1 Å². The predicted octanol–water partition coefficient (Wildman–Crippen LogP) is 2.05. The third kappa shape index (κ3) is 4.78. The van der Waals surface area contributed by atoms with E-state index in [1.165, 1.54) is 19.3 Å². The number of rotatable bonds is 5. The lowest BCUT2D eigenvalue weighted by Gasteiger charge is -2.31. The second-order valence-electron chi connectivity index (χ2n) is 9.60. The monoisotopic (exact) mass is 413 g/mol. The van der Waals surface area contributed by atoms with Gasteiger partial charge in [0, 0.05) is 6.54 Å². The average Bonchev–Trinajstić information content (AvgIpc) is 3.26. The van der Waals surface area contributed by atoms with E-state index >= 15 is 0 Å². The van der Waals surface area contributed by atoms with E-state index in [1.807, 2.05) is 34.6 Å². The van der Waals surface area contributed by atoms with E-state index in [0.717, 1.165) is 13.1 Å². The molecule has 29 heavy (non-hydrogen) atoms. The van der Waals surface area contributed by atoms with Crippen molar-refractivity contribution in [3.05, 3.63) is 0 Å². The molecule has 0 bridgehead atoms. The van der Waals surface area contributed by atoms with Crippen LogP contribution in [-0.4, -0.2) is 79.4 Å². The molecule has 0 aromatic heterocycles. The number of esters is 1. The number of carbonyl (C=O) groups is 1. The van der Waals surface area contributed by atoms with E-state index in [1.54, 1.807) is 0 Å². The molecule has 4 aliphatic rings. The zero-order chi connectivity index (χ0) is 20.8. The summed E-state index contributed by atoms with van der Waals surface area (Å²) >= 11 is 0. The van der Waals surface area contributed by atoms with Crippen LogP contribution in [0.4, 0.5) is 0 Å². The fourth-order valence-electron chi connectivity index (χ4n) is 4.67. The highest BCUT2D eigenvalue weighted by atomic mass is 16.8. The molecule has 0 aromatic rings. The van der Waals surface area contributed by atoms with Gasteiger partial charge in [0.1, 0.15) is 12.2 Å². The molecule has 8 heteroatoms. The van der Waals surface area contributed by atoms with Gasteiger partial charge >= 0.3 is 5.97 Å². The lowest BCUT2D eigenvalue weighted by molar-refractivity contribution is -0.236. The maximum atomic E-state index is 12.9. The van der Waals surface area contributed by atoms with Crippen LogP contribution in [0.3, 0.4) is 0 Å². The molecule has 4 heterocycles. The number of nitrogens with zero attached hydrogens (tertiary/aromatic N) is 1. The van der Waals surface area contributed by atoms with Crippen LogP contribution < -0.4 is 0 Å². The van der Waals surface area contributed by atoms with Crippen LogP contribution in [0.1, 0.15) is 53.9 Å². The van der Waals surface area contributed by atoms with Gasteiger partial charge in [-0.1, -0.05) is 13.3 Å². The molecule has 0 aliphatic carbocycles. The molecule has 0 spiro atoms. The fraction of sp³-hybridized carbons (Fsp3) is 0.952. The summed E-state index contributed by atoms with van der Waals surface area (Å²) in [5.41, 5.74) is 0. The van der Waals surface area contributed by atoms with E-state index in [4.69, 9.17) is 28.4 Å². The van der Waals surface area contributed by atoms with E-state index in [9.17, 15) is 4.79 Å². The maximum Gasteiger partial charge on any atom is 0.310 e. The van der Waals surface area contributed by atoms with Crippen molar-refractivity contribution in [2.45, 2.75) is 96.2 Å². The van der Waals surface area contributed by atoms with E-state index in [0.29, 0.717) is 13.2 Å². The zero-order valence-corrected chi connectivity index (χ0v) is 18.2. The van der Waals surface area contributed by atoms with E-state index in [-0.39, 0.29) is 18.0 Å². The molecular formula is C21H35NO7. The van der Waals surface area contributed by atoms with Crippen LogP contribution in [0.25, 0.3) is 0 Å². The highest BCUT2D eigenvalue weighted by molar-refractivity contribution is 5.72. The maximum absolute atomic E-state index is 12.9. The molecule has 0 aromatic carbocycles. The number of piperidine rings is 1. The highest BCUT2D eigenvalue weighted by Gasteiger charge is 2.60. The first-order chi connectivity index (χ1) is 13.6. The Kier molecular flexibility index (Phi) is 5.96. The minimum atomic E-state index is -0.781. The molecule has 0 amide bonds. The van der Waals surface area contributed by atoms with Crippen molar-refractivity contribution in [3.8, 4) is 0 Å². The van der Waals surface area contributed by atoms with Gasteiger partial charge in [0.2, 0.25) is 0 Å². The zero-order valence-electron chi connectivity index (χ0n) is 18.2. The molecule has 8 nitrogen and oxygen atoms in total. The van der Waals surface area contributed by atoms with Crippen molar-refractivity contribution < 1.29 is 33.2 Å². The van der Waals surface area contributed by atoms with Crippen LogP contribution >= 0.6 is 0 Å². The molecule has 6 atom stereocenters. The third-order valence-electron chi connectivity index (χ3n) is 6.06. The lowest BCUT2D eigenvalue weighted by Crippen LogP contribution is -2.46. The molecule has 0 N–H and O–H groups in total. The largest absolute Gasteiger partial charge is 0.456 e. The Morgan fingerprint density at radius 1 is 1.03 bits per heavy atom. The number of fused-ring (bicyclic) bond motifs is 1. The van der Waals surface area contributed by atoms with Crippen molar-refractivity contribution in [1.29, 1.82) is 0 Å². The molecule has 4 aliphatic heterocycles. The van der Waals surface area contributed by atoms with Crippen molar-refractivity contribution in [1.82, 2.24) is 4.90 Å². The summed E-state index contributed by atoms with van der Waals surface area (Å²) in [4.78, 5) is 15.3. The van der Waals surface area contributed by atoms with Gasteiger partial charge in [-0.05, 0) is 53.6 Å². The summed E-state index contributed by atoms with van der Waals surface area (Å²) in [6.07, 6.45) is 1.16. The van der Waals surface area contributed by atoms with Gasteiger partial charge in [0.25, 0.3) is 0 Å². The van der Waals surface area contributed by atoms with Crippen molar-refractivity contribution >= 4 is 5.97 Å². The number of hydrogen-bond donors (Lipinski definition) is 0. The molecule has 166 valence electrons. The summed E-state index contributed by atoms with van der Waals surface area (Å²) in [5, 5.41) is 0. The van der Waals surface area contributed by atoms with E-state index in [2.05, 4.69) is 4.90 Å². The Balaban J connectivity index is 1.43. The Morgan fingerprint density at radius 2 is 1.76 bits per heavy atom. The van der Waals surface area contributed by atoms with Gasteiger partial charge in [0.05, 0.1) is 12.5 Å². The second kappa shape index (κ2) is 8.05. The van der Waals surface area contributed by atoms with Crippen molar-refractivity contribution in [3.63, 3.8) is 0 Å². The summed E-state index contributed by atoms with van der Waals surface area (Å²) in [6, 6.07) is 0. The summed E-state index contributed by atoms with van der Waals surface area (Å²) in [5.74, 6) is -1.93. The van der Waals surface area contributed by atoms with Crippen molar-refractivity contribution in [2.75, 3.05) is 26.2 Å². The lowest BCUT2D eigenvalue weighted by atomic mass is 10.0. The van der Waals surface area contributed by atoms with Gasteiger partial charge in [-0.25, -0.2) is 0 Å². The SMILES string of the molecule is CC(CN1CCCCC1)C(=O)OC1C(C2COC(C)(C)O2)OC2OC(C)(C)OC21. The van der Waals surface area contributed by atoms with Crippen LogP contribution in [0, 0.1) is 5.92 Å². The van der Waals surface area contributed by atoms with Gasteiger partial charge in [-0.2, -0.15) is 0 Å². The minimum absolute atomic E-state index is 0.222. The normalized spacial score (nSPS) is 40.0. The predicted molar refractivity (Wildman–Crippen MR) is 103 cm³/mol. The Morgan fingerprint density at radius 3 is 2.41 bits per heavy atom. The first kappa shape index (κ1) is 21.5. The first-order valence-corrected chi connectivity index (χ1v) is 10.9. The molecule has 6 unspecified atom stereocenters. The molecule has 4 rings (SSSR count). The van der Waals surface area contributed by atoms with Gasteiger partial charge in [-0.15, -0.1) is 0 Å². The Bertz CT molecular complexity index is 604. The first-order valence-electron chi connectivity index (χ1n) is 10.9. The summed E-state index contributed by atoms with van der Waals surface area (Å²) in [6.45, 7) is 12.5. The van der Waals surface area contributed by atoms with Crippen LogP contribution in [-0.2, 0) is 33.2 Å². The molecule has 0 saturated carbocycles. The van der Waals surface area contributed by atoms with Crippen molar-refractivity contribution in [2.24, 2.45) is 5.92 Å². The Labute approximate surface area is 173 Å².